The molecule has 0 radical (unpaired) electrons. The summed E-state index contributed by atoms with van der Waals surface area (Å²) in [5.74, 6) is 4.69. The largest absolute Gasteiger partial charge is 0.288 e. The standard InChI is InChI=1S/C7H10N2O3S/c8-12-6-9-13(10,11)7-4-2-1-3-5-7/h1-5,9H,6,8H2. The van der Waals surface area contributed by atoms with Gasteiger partial charge >= 0.3 is 0 Å². The molecule has 0 aliphatic heterocycles. The van der Waals surface area contributed by atoms with Crippen LogP contribution in [0.15, 0.2) is 35.2 Å². The Morgan fingerprint density at radius 1 is 1.31 bits per heavy atom. The first kappa shape index (κ1) is 10.1. The first-order valence-corrected chi connectivity index (χ1v) is 5.01. The first-order valence-electron chi connectivity index (χ1n) is 3.53. The maximum atomic E-state index is 11.3. The van der Waals surface area contributed by atoms with E-state index in [-0.39, 0.29) is 11.6 Å². The summed E-state index contributed by atoms with van der Waals surface area (Å²) in [5, 5.41) is 0. The second-order valence-electron chi connectivity index (χ2n) is 2.27. The van der Waals surface area contributed by atoms with E-state index >= 15 is 0 Å². The number of hydrogen-bond acceptors (Lipinski definition) is 4. The van der Waals surface area contributed by atoms with Crippen molar-refractivity contribution >= 4 is 10.0 Å². The van der Waals surface area contributed by atoms with E-state index in [9.17, 15) is 8.42 Å². The summed E-state index contributed by atoms with van der Waals surface area (Å²) in [6.45, 7) is -0.239. The van der Waals surface area contributed by atoms with E-state index in [1.54, 1.807) is 18.2 Å². The van der Waals surface area contributed by atoms with Crippen molar-refractivity contribution < 1.29 is 13.3 Å². The topological polar surface area (TPSA) is 81.4 Å². The van der Waals surface area contributed by atoms with Gasteiger partial charge in [-0.2, -0.15) is 4.72 Å². The van der Waals surface area contributed by atoms with E-state index < -0.39 is 10.0 Å². The van der Waals surface area contributed by atoms with E-state index in [1.807, 2.05) is 0 Å². The Balaban J connectivity index is 2.83. The minimum Gasteiger partial charge on any atom is -0.288 e. The van der Waals surface area contributed by atoms with Crippen LogP contribution in [0.25, 0.3) is 0 Å². The van der Waals surface area contributed by atoms with Gasteiger partial charge in [0.1, 0.15) is 6.73 Å². The number of nitrogens with one attached hydrogen (secondary N) is 1. The zero-order chi connectivity index (χ0) is 9.73. The average Bonchev–Trinajstić information content (AvgIpc) is 2.16. The van der Waals surface area contributed by atoms with Crippen LogP contribution in [0, 0.1) is 0 Å². The SMILES string of the molecule is NOCNS(=O)(=O)c1ccccc1. The Morgan fingerprint density at radius 3 is 2.46 bits per heavy atom. The molecule has 3 N–H and O–H groups in total. The third-order valence-electron chi connectivity index (χ3n) is 1.39. The quantitative estimate of drug-likeness (QED) is 0.524. The molecule has 13 heavy (non-hydrogen) atoms. The van der Waals surface area contributed by atoms with Crippen molar-refractivity contribution in [1.82, 2.24) is 4.72 Å². The highest BCUT2D eigenvalue weighted by Crippen LogP contribution is 2.05. The van der Waals surface area contributed by atoms with Gasteiger partial charge in [-0.3, -0.25) is 4.84 Å². The average molecular weight is 202 g/mol. The summed E-state index contributed by atoms with van der Waals surface area (Å²) in [7, 11) is -3.48. The minimum absolute atomic E-state index is 0.187. The molecule has 0 aromatic heterocycles. The lowest BCUT2D eigenvalue weighted by molar-refractivity contribution is 0.134. The van der Waals surface area contributed by atoms with Gasteiger partial charge in [-0.25, -0.2) is 14.3 Å². The van der Waals surface area contributed by atoms with Crippen molar-refractivity contribution in [2.24, 2.45) is 5.90 Å². The van der Waals surface area contributed by atoms with Crippen LogP contribution in [-0.4, -0.2) is 15.1 Å². The fourth-order valence-electron chi connectivity index (χ4n) is 0.795. The molecule has 1 aromatic carbocycles. The Bertz CT molecular complexity index is 349. The fourth-order valence-corrected chi connectivity index (χ4v) is 1.70. The number of rotatable bonds is 4. The smallest absolute Gasteiger partial charge is 0.242 e. The van der Waals surface area contributed by atoms with E-state index in [2.05, 4.69) is 15.5 Å². The van der Waals surface area contributed by atoms with Crippen molar-refractivity contribution in [3.05, 3.63) is 30.3 Å². The van der Waals surface area contributed by atoms with Gasteiger partial charge in [0.05, 0.1) is 4.90 Å². The summed E-state index contributed by atoms with van der Waals surface area (Å²) < 4.78 is 24.8. The molecule has 1 aromatic rings. The molecule has 0 atom stereocenters. The Hall–Kier alpha value is -0.950. The highest BCUT2D eigenvalue weighted by molar-refractivity contribution is 7.89. The van der Waals surface area contributed by atoms with E-state index in [1.165, 1.54) is 12.1 Å². The minimum atomic E-state index is -3.48. The van der Waals surface area contributed by atoms with Crippen molar-refractivity contribution in [2.45, 2.75) is 4.90 Å². The van der Waals surface area contributed by atoms with Crippen LogP contribution in [0.4, 0.5) is 0 Å². The van der Waals surface area contributed by atoms with Crippen LogP contribution in [-0.2, 0) is 14.9 Å². The lowest BCUT2D eigenvalue weighted by Gasteiger charge is -2.03. The van der Waals surface area contributed by atoms with Gasteiger partial charge in [0.25, 0.3) is 0 Å². The summed E-state index contributed by atoms with van der Waals surface area (Å²) in [6.07, 6.45) is 0. The van der Waals surface area contributed by atoms with Gasteiger partial charge in [-0.05, 0) is 12.1 Å². The third kappa shape index (κ3) is 2.78. The van der Waals surface area contributed by atoms with Crippen LogP contribution in [0.1, 0.15) is 0 Å². The van der Waals surface area contributed by atoms with Crippen molar-refractivity contribution in [2.75, 3.05) is 6.73 Å². The second kappa shape index (κ2) is 4.33. The predicted molar refractivity (Wildman–Crippen MR) is 46.9 cm³/mol. The first-order chi connectivity index (χ1) is 6.17. The summed E-state index contributed by atoms with van der Waals surface area (Å²) in [5.41, 5.74) is 0. The Labute approximate surface area is 76.5 Å². The molecule has 5 nitrogen and oxygen atoms in total. The lowest BCUT2D eigenvalue weighted by Crippen LogP contribution is -2.27. The van der Waals surface area contributed by atoms with Gasteiger partial charge in [-0.1, -0.05) is 18.2 Å². The highest BCUT2D eigenvalue weighted by atomic mass is 32.2. The molecule has 0 spiro atoms. The molecule has 1 rings (SSSR count). The molecule has 0 saturated heterocycles. The van der Waals surface area contributed by atoms with E-state index in [0.717, 1.165) is 0 Å². The molecule has 6 heteroatoms. The molecular weight excluding hydrogens is 192 g/mol. The third-order valence-corrected chi connectivity index (χ3v) is 2.78. The monoisotopic (exact) mass is 202 g/mol. The number of hydrogen-bond donors (Lipinski definition) is 2. The van der Waals surface area contributed by atoms with Crippen LogP contribution >= 0.6 is 0 Å². The molecular formula is C7H10N2O3S. The maximum Gasteiger partial charge on any atom is 0.242 e. The molecule has 0 aliphatic carbocycles. The molecule has 0 saturated carbocycles. The molecule has 0 bridgehead atoms. The number of sulfonamides is 1. The molecule has 0 aliphatic rings. The van der Waals surface area contributed by atoms with Gasteiger partial charge < -0.3 is 0 Å². The van der Waals surface area contributed by atoms with Crippen LogP contribution < -0.4 is 10.6 Å². The van der Waals surface area contributed by atoms with E-state index in [4.69, 9.17) is 0 Å². The lowest BCUT2D eigenvalue weighted by atomic mass is 10.4. The van der Waals surface area contributed by atoms with Crippen LogP contribution in [0.3, 0.4) is 0 Å². The van der Waals surface area contributed by atoms with Gasteiger partial charge in [0.15, 0.2) is 0 Å². The van der Waals surface area contributed by atoms with Gasteiger partial charge in [0, 0.05) is 0 Å². The predicted octanol–water partition coefficient (Wildman–Crippen LogP) is -0.187. The van der Waals surface area contributed by atoms with Gasteiger partial charge in [-0.15, -0.1) is 0 Å². The summed E-state index contributed by atoms with van der Waals surface area (Å²) >= 11 is 0. The zero-order valence-electron chi connectivity index (χ0n) is 6.80. The summed E-state index contributed by atoms with van der Waals surface area (Å²) in [4.78, 5) is 4.30. The Morgan fingerprint density at radius 2 is 1.92 bits per heavy atom. The fraction of sp³-hybridized carbons (Fsp3) is 0.143. The van der Waals surface area contributed by atoms with Crippen molar-refractivity contribution in [3.8, 4) is 0 Å². The second-order valence-corrected chi connectivity index (χ2v) is 4.04. The molecule has 0 unspecified atom stereocenters. The normalized spacial score (nSPS) is 11.5. The highest BCUT2D eigenvalue weighted by Gasteiger charge is 2.11. The summed E-state index contributed by atoms with van der Waals surface area (Å²) in [6, 6.07) is 7.98. The molecule has 72 valence electrons. The van der Waals surface area contributed by atoms with Crippen molar-refractivity contribution in [1.29, 1.82) is 0 Å². The van der Waals surface area contributed by atoms with E-state index in [0.29, 0.717) is 0 Å². The van der Waals surface area contributed by atoms with Crippen molar-refractivity contribution in [3.63, 3.8) is 0 Å². The van der Waals surface area contributed by atoms with Gasteiger partial charge in [0.2, 0.25) is 10.0 Å². The maximum absolute atomic E-state index is 11.3. The van der Waals surface area contributed by atoms with Crippen LogP contribution in [0.5, 0.6) is 0 Å². The molecule has 0 amide bonds. The van der Waals surface area contributed by atoms with Crippen LogP contribution in [0.2, 0.25) is 0 Å². The Kier molecular flexibility index (Phi) is 3.38. The number of benzene rings is 1. The zero-order valence-corrected chi connectivity index (χ0v) is 7.62. The number of nitrogens with two attached hydrogens (primary N) is 1. The molecule has 0 fully saturated rings. The molecule has 0 heterocycles.